The molecule has 0 aliphatic carbocycles. The SMILES string of the molecule is Cc1ccc(F)c(-c2nc(N)ncc2F)c1F. The molecule has 0 unspecified atom stereocenters. The van der Waals surface area contributed by atoms with Crippen molar-refractivity contribution < 1.29 is 13.2 Å². The van der Waals surface area contributed by atoms with E-state index in [1.807, 2.05) is 0 Å². The molecular formula is C11H8F3N3. The Labute approximate surface area is 95.1 Å². The van der Waals surface area contributed by atoms with Crippen LogP contribution in [0, 0.1) is 24.4 Å². The van der Waals surface area contributed by atoms with Gasteiger partial charge in [0.2, 0.25) is 5.95 Å². The number of hydrogen-bond donors (Lipinski definition) is 1. The summed E-state index contributed by atoms with van der Waals surface area (Å²) in [7, 11) is 0. The third-order valence-corrected chi connectivity index (χ3v) is 2.28. The Kier molecular flexibility index (Phi) is 2.71. The summed E-state index contributed by atoms with van der Waals surface area (Å²) < 4.78 is 40.7. The van der Waals surface area contributed by atoms with Gasteiger partial charge in [-0.1, -0.05) is 6.07 Å². The van der Waals surface area contributed by atoms with Crippen molar-refractivity contribution in [2.75, 3.05) is 5.73 Å². The molecule has 0 fully saturated rings. The van der Waals surface area contributed by atoms with Crippen LogP contribution in [0.5, 0.6) is 0 Å². The topological polar surface area (TPSA) is 51.8 Å². The van der Waals surface area contributed by atoms with Gasteiger partial charge >= 0.3 is 0 Å². The maximum absolute atomic E-state index is 13.8. The predicted molar refractivity (Wildman–Crippen MR) is 56.5 cm³/mol. The first-order valence-corrected chi connectivity index (χ1v) is 4.73. The Morgan fingerprint density at radius 1 is 1.12 bits per heavy atom. The summed E-state index contributed by atoms with van der Waals surface area (Å²) in [5.41, 5.74) is 4.46. The van der Waals surface area contributed by atoms with E-state index in [9.17, 15) is 13.2 Å². The highest BCUT2D eigenvalue weighted by atomic mass is 19.1. The first-order valence-electron chi connectivity index (χ1n) is 4.73. The molecule has 0 amide bonds. The Bertz CT molecular complexity index is 584. The molecule has 1 heterocycles. The van der Waals surface area contributed by atoms with E-state index < -0.39 is 28.7 Å². The van der Waals surface area contributed by atoms with Crippen molar-refractivity contribution in [1.82, 2.24) is 9.97 Å². The largest absolute Gasteiger partial charge is 0.368 e. The molecule has 0 atom stereocenters. The van der Waals surface area contributed by atoms with Gasteiger partial charge in [0, 0.05) is 0 Å². The number of rotatable bonds is 1. The van der Waals surface area contributed by atoms with Crippen LogP contribution in [0.4, 0.5) is 19.1 Å². The quantitative estimate of drug-likeness (QED) is 0.831. The maximum Gasteiger partial charge on any atom is 0.220 e. The fourth-order valence-electron chi connectivity index (χ4n) is 1.43. The van der Waals surface area contributed by atoms with Crippen molar-refractivity contribution in [3.8, 4) is 11.3 Å². The normalized spacial score (nSPS) is 10.6. The molecule has 88 valence electrons. The first-order chi connectivity index (χ1) is 8.00. The highest BCUT2D eigenvalue weighted by Gasteiger charge is 2.19. The molecule has 1 aromatic carbocycles. The third kappa shape index (κ3) is 1.93. The van der Waals surface area contributed by atoms with Gasteiger partial charge in [-0.2, -0.15) is 0 Å². The molecule has 0 saturated carbocycles. The van der Waals surface area contributed by atoms with Crippen molar-refractivity contribution in [2.24, 2.45) is 0 Å². The molecule has 1 aromatic heterocycles. The zero-order valence-corrected chi connectivity index (χ0v) is 8.84. The van der Waals surface area contributed by atoms with Crippen LogP contribution in [0.2, 0.25) is 0 Å². The second kappa shape index (κ2) is 4.04. The molecule has 6 heteroatoms. The van der Waals surface area contributed by atoms with Gasteiger partial charge in [0.05, 0.1) is 11.8 Å². The van der Waals surface area contributed by atoms with Crippen LogP contribution < -0.4 is 5.73 Å². The average Bonchev–Trinajstić information content (AvgIpc) is 2.29. The smallest absolute Gasteiger partial charge is 0.220 e. The molecule has 3 nitrogen and oxygen atoms in total. The Balaban J connectivity index is 2.76. The molecule has 0 spiro atoms. The Morgan fingerprint density at radius 3 is 2.53 bits per heavy atom. The molecule has 2 aromatic rings. The molecule has 2 rings (SSSR count). The summed E-state index contributed by atoms with van der Waals surface area (Å²) in [4.78, 5) is 6.91. The van der Waals surface area contributed by atoms with Gasteiger partial charge in [-0.05, 0) is 18.6 Å². The van der Waals surface area contributed by atoms with E-state index in [0.717, 1.165) is 12.3 Å². The third-order valence-electron chi connectivity index (χ3n) is 2.28. The van der Waals surface area contributed by atoms with E-state index in [2.05, 4.69) is 9.97 Å². The lowest BCUT2D eigenvalue weighted by Gasteiger charge is -2.07. The predicted octanol–water partition coefficient (Wildman–Crippen LogP) is 2.45. The highest BCUT2D eigenvalue weighted by Crippen LogP contribution is 2.28. The van der Waals surface area contributed by atoms with Gasteiger partial charge in [0.1, 0.15) is 17.3 Å². The second-order valence-corrected chi connectivity index (χ2v) is 3.48. The van der Waals surface area contributed by atoms with Crippen LogP contribution in [0.1, 0.15) is 5.56 Å². The van der Waals surface area contributed by atoms with E-state index in [1.54, 1.807) is 0 Å². The van der Waals surface area contributed by atoms with E-state index in [0.29, 0.717) is 0 Å². The van der Waals surface area contributed by atoms with Crippen molar-refractivity contribution >= 4 is 5.95 Å². The fraction of sp³-hybridized carbons (Fsp3) is 0.0909. The minimum absolute atomic E-state index is 0.193. The van der Waals surface area contributed by atoms with Crippen LogP contribution in [-0.4, -0.2) is 9.97 Å². The van der Waals surface area contributed by atoms with Crippen molar-refractivity contribution in [2.45, 2.75) is 6.92 Å². The first kappa shape index (κ1) is 11.4. The lowest BCUT2D eigenvalue weighted by Crippen LogP contribution is -2.02. The number of halogens is 3. The second-order valence-electron chi connectivity index (χ2n) is 3.48. The molecule has 2 N–H and O–H groups in total. The molecule has 0 aliphatic heterocycles. The van der Waals surface area contributed by atoms with Gasteiger partial charge in [-0.25, -0.2) is 23.1 Å². The summed E-state index contributed by atoms with van der Waals surface area (Å²) in [6.45, 7) is 1.45. The summed E-state index contributed by atoms with van der Waals surface area (Å²) in [6, 6.07) is 2.31. The number of aromatic nitrogens is 2. The average molecular weight is 239 g/mol. The number of aryl methyl sites for hydroxylation is 1. The Hall–Kier alpha value is -2.11. The van der Waals surface area contributed by atoms with Crippen molar-refractivity contribution in [3.63, 3.8) is 0 Å². The fourth-order valence-corrected chi connectivity index (χ4v) is 1.43. The van der Waals surface area contributed by atoms with E-state index >= 15 is 0 Å². The van der Waals surface area contributed by atoms with Crippen molar-refractivity contribution in [3.05, 3.63) is 41.3 Å². The summed E-state index contributed by atoms with van der Waals surface area (Å²) in [5.74, 6) is -2.93. The van der Waals surface area contributed by atoms with Crippen LogP contribution in [-0.2, 0) is 0 Å². The molecule has 0 bridgehead atoms. The highest BCUT2D eigenvalue weighted by molar-refractivity contribution is 5.63. The van der Waals surface area contributed by atoms with Crippen LogP contribution in [0.15, 0.2) is 18.3 Å². The number of nitrogen functional groups attached to an aromatic ring is 1. The number of nitrogens with zero attached hydrogens (tertiary/aromatic N) is 2. The van der Waals surface area contributed by atoms with E-state index in [1.165, 1.54) is 13.0 Å². The van der Waals surface area contributed by atoms with Crippen LogP contribution in [0.3, 0.4) is 0 Å². The number of hydrogen-bond acceptors (Lipinski definition) is 3. The Morgan fingerprint density at radius 2 is 1.82 bits per heavy atom. The van der Waals surface area contributed by atoms with E-state index in [-0.39, 0.29) is 11.5 Å². The molecule has 17 heavy (non-hydrogen) atoms. The molecule has 0 radical (unpaired) electrons. The maximum atomic E-state index is 13.8. The van der Waals surface area contributed by atoms with Gasteiger partial charge in [0.15, 0.2) is 5.82 Å². The zero-order chi connectivity index (χ0) is 12.6. The summed E-state index contributed by atoms with van der Waals surface area (Å²) in [6.07, 6.45) is 0.777. The lowest BCUT2D eigenvalue weighted by atomic mass is 10.1. The summed E-state index contributed by atoms with van der Waals surface area (Å²) in [5, 5.41) is 0. The van der Waals surface area contributed by atoms with E-state index in [4.69, 9.17) is 5.73 Å². The molecule has 0 aliphatic rings. The van der Waals surface area contributed by atoms with Gasteiger partial charge in [0.25, 0.3) is 0 Å². The minimum atomic E-state index is -0.928. The number of benzene rings is 1. The summed E-state index contributed by atoms with van der Waals surface area (Å²) >= 11 is 0. The van der Waals surface area contributed by atoms with Crippen LogP contribution in [0.25, 0.3) is 11.3 Å². The van der Waals surface area contributed by atoms with Crippen LogP contribution >= 0.6 is 0 Å². The van der Waals surface area contributed by atoms with Gasteiger partial charge < -0.3 is 5.73 Å². The van der Waals surface area contributed by atoms with Gasteiger partial charge in [-0.3, -0.25) is 0 Å². The monoisotopic (exact) mass is 239 g/mol. The molecule has 0 saturated heterocycles. The van der Waals surface area contributed by atoms with Gasteiger partial charge in [-0.15, -0.1) is 0 Å². The minimum Gasteiger partial charge on any atom is -0.368 e. The number of anilines is 1. The zero-order valence-electron chi connectivity index (χ0n) is 8.84. The molecular weight excluding hydrogens is 231 g/mol. The standard InChI is InChI=1S/C11H8F3N3/c1-5-2-3-6(12)8(9(5)14)10-7(13)4-16-11(15)17-10/h2-4H,1H3,(H2,15,16,17). The van der Waals surface area contributed by atoms with Crippen molar-refractivity contribution in [1.29, 1.82) is 0 Å². The number of nitrogens with two attached hydrogens (primary N) is 1. The lowest BCUT2D eigenvalue weighted by molar-refractivity contribution is 0.573.